The van der Waals surface area contributed by atoms with Crippen LogP contribution in [0.3, 0.4) is 0 Å². The van der Waals surface area contributed by atoms with Crippen molar-refractivity contribution in [3.63, 3.8) is 0 Å². The maximum atomic E-state index is 11.2. The highest BCUT2D eigenvalue weighted by Gasteiger charge is 2.56. The van der Waals surface area contributed by atoms with Crippen LogP contribution in [-0.4, -0.2) is 64.5 Å². The number of likely N-dealkylation sites (tertiary alicyclic amines) is 2. The Kier molecular flexibility index (Phi) is 3.09. The monoisotopic (exact) mass is 240 g/mol. The Balaban J connectivity index is 2.10. The van der Waals surface area contributed by atoms with Gasteiger partial charge in [0.2, 0.25) is 5.91 Å². The third-order valence-corrected chi connectivity index (χ3v) is 4.04. The maximum Gasteiger partial charge on any atom is 0.242 e. The van der Waals surface area contributed by atoms with Crippen molar-refractivity contribution in [2.45, 2.75) is 31.3 Å². The van der Waals surface area contributed by atoms with Gasteiger partial charge >= 0.3 is 0 Å². The van der Waals surface area contributed by atoms with Crippen molar-refractivity contribution >= 4 is 11.7 Å². The van der Waals surface area contributed by atoms with Crippen molar-refractivity contribution in [1.82, 2.24) is 9.80 Å². The fourth-order valence-electron chi connectivity index (χ4n) is 3.06. The van der Waals surface area contributed by atoms with Crippen LogP contribution in [0.15, 0.2) is 0 Å². The first-order valence-electron chi connectivity index (χ1n) is 6.07. The fraction of sp³-hybridized carbons (Fsp3) is 0.818. The Labute approximate surface area is 101 Å². The van der Waals surface area contributed by atoms with E-state index in [9.17, 15) is 4.79 Å². The number of amides is 1. The summed E-state index contributed by atoms with van der Waals surface area (Å²) in [4.78, 5) is 15.1. The first kappa shape index (κ1) is 12.3. The molecular weight excluding hydrogens is 220 g/mol. The van der Waals surface area contributed by atoms with Crippen molar-refractivity contribution in [3.8, 4) is 0 Å². The lowest BCUT2D eigenvalue weighted by Gasteiger charge is -2.55. The SMILES string of the molecule is CCN1CCCC12CN([C@@H](CO)C(N)=O)C2=N. The number of primary amides is 1. The molecule has 1 unspecified atom stereocenters. The van der Waals surface area contributed by atoms with Crippen LogP contribution in [0.25, 0.3) is 0 Å². The zero-order valence-electron chi connectivity index (χ0n) is 10.1. The minimum absolute atomic E-state index is 0.197. The van der Waals surface area contributed by atoms with E-state index in [-0.39, 0.29) is 12.1 Å². The largest absolute Gasteiger partial charge is 0.394 e. The average molecular weight is 240 g/mol. The minimum atomic E-state index is -0.743. The van der Waals surface area contributed by atoms with E-state index >= 15 is 0 Å². The summed E-state index contributed by atoms with van der Waals surface area (Å²) in [6.07, 6.45) is 2.05. The van der Waals surface area contributed by atoms with Gasteiger partial charge in [0.1, 0.15) is 11.9 Å². The number of rotatable bonds is 4. The van der Waals surface area contributed by atoms with Crippen molar-refractivity contribution in [2.24, 2.45) is 5.73 Å². The predicted molar refractivity (Wildman–Crippen MR) is 63.7 cm³/mol. The van der Waals surface area contributed by atoms with E-state index in [1.807, 2.05) is 0 Å². The average Bonchev–Trinajstić information content (AvgIpc) is 2.74. The van der Waals surface area contributed by atoms with Crippen LogP contribution in [-0.2, 0) is 4.79 Å². The molecular formula is C11H20N4O2. The maximum absolute atomic E-state index is 11.2. The Bertz CT molecular complexity index is 346. The van der Waals surface area contributed by atoms with E-state index in [2.05, 4.69) is 11.8 Å². The number of likely N-dealkylation sites (N-methyl/N-ethyl adjacent to an activating group) is 1. The summed E-state index contributed by atoms with van der Waals surface area (Å²) in [7, 11) is 0. The van der Waals surface area contributed by atoms with Gasteiger partial charge in [-0.3, -0.25) is 15.1 Å². The van der Waals surface area contributed by atoms with Crippen LogP contribution in [0.1, 0.15) is 19.8 Å². The van der Waals surface area contributed by atoms with Crippen LogP contribution < -0.4 is 5.73 Å². The zero-order valence-corrected chi connectivity index (χ0v) is 10.1. The summed E-state index contributed by atoms with van der Waals surface area (Å²) in [5.74, 6) is -0.122. The second-order valence-corrected chi connectivity index (χ2v) is 4.79. The molecule has 2 aliphatic rings. The molecule has 4 N–H and O–H groups in total. The lowest BCUT2D eigenvalue weighted by molar-refractivity contribution is -0.124. The number of aliphatic hydroxyl groups excluding tert-OH is 1. The van der Waals surface area contributed by atoms with Crippen molar-refractivity contribution in [3.05, 3.63) is 0 Å². The summed E-state index contributed by atoms with van der Waals surface area (Å²) in [6, 6.07) is -0.743. The Morgan fingerprint density at radius 3 is 2.88 bits per heavy atom. The van der Waals surface area contributed by atoms with Gasteiger partial charge < -0.3 is 15.7 Å². The summed E-state index contributed by atoms with van der Waals surface area (Å²) in [6.45, 7) is 4.32. The molecule has 6 heteroatoms. The highest BCUT2D eigenvalue weighted by Crippen LogP contribution is 2.39. The first-order chi connectivity index (χ1) is 8.06. The molecule has 6 nitrogen and oxygen atoms in total. The van der Waals surface area contributed by atoms with Gasteiger partial charge in [0.15, 0.2) is 0 Å². The standard InChI is InChI=1S/C11H20N4O2/c1-2-14-5-3-4-11(14)7-15(10(11)13)8(6-16)9(12)17/h8,13,16H,2-7H2,1H3,(H2,12,17)/t8-,11?/m0/s1. The van der Waals surface area contributed by atoms with Crippen LogP contribution in [0.2, 0.25) is 0 Å². The van der Waals surface area contributed by atoms with E-state index in [1.165, 1.54) is 0 Å². The number of aliphatic hydroxyl groups is 1. The smallest absolute Gasteiger partial charge is 0.242 e. The quantitative estimate of drug-likeness (QED) is 0.586. The number of nitrogens with one attached hydrogen (secondary N) is 1. The molecule has 2 heterocycles. The highest BCUT2D eigenvalue weighted by atomic mass is 16.3. The van der Waals surface area contributed by atoms with Crippen molar-refractivity contribution in [2.75, 3.05) is 26.2 Å². The molecule has 0 radical (unpaired) electrons. The number of nitrogens with two attached hydrogens (primary N) is 1. The van der Waals surface area contributed by atoms with Gasteiger partial charge in [-0.15, -0.1) is 0 Å². The Morgan fingerprint density at radius 2 is 2.41 bits per heavy atom. The first-order valence-corrected chi connectivity index (χ1v) is 6.07. The lowest BCUT2D eigenvalue weighted by atomic mass is 9.83. The van der Waals surface area contributed by atoms with Crippen LogP contribution in [0.5, 0.6) is 0 Å². The highest BCUT2D eigenvalue weighted by molar-refractivity contribution is 5.99. The van der Waals surface area contributed by atoms with Gasteiger partial charge in [-0.25, -0.2) is 0 Å². The molecule has 1 spiro atoms. The van der Waals surface area contributed by atoms with E-state index < -0.39 is 11.9 Å². The molecule has 0 saturated carbocycles. The summed E-state index contributed by atoms with van der Waals surface area (Å²) in [5, 5.41) is 17.3. The van der Waals surface area contributed by atoms with E-state index in [1.54, 1.807) is 4.90 Å². The zero-order chi connectivity index (χ0) is 12.6. The number of hydrogen-bond acceptors (Lipinski definition) is 4. The molecule has 2 aliphatic heterocycles. The van der Waals surface area contributed by atoms with Gasteiger partial charge in [0, 0.05) is 6.54 Å². The van der Waals surface area contributed by atoms with E-state index in [4.69, 9.17) is 16.2 Å². The Morgan fingerprint density at radius 1 is 1.71 bits per heavy atom. The van der Waals surface area contributed by atoms with Crippen LogP contribution in [0.4, 0.5) is 0 Å². The number of carbonyl (C=O) groups is 1. The van der Waals surface area contributed by atoms with Gasteiger partial charge in [-0.1, -0.05) is 6.92 Å². The van der Waals surface area contributed by atoms with E-state index in [0.29, 0.717) is 12.4 Å². The molecule has 2 rings (SSSR count). The normalized spacial score (nSPS) is 30.7. The minimum Gasteiger partial charge on any atom is -0.394 e. The third-order valence-electron chi connectivity index (χ3n) is 4.04. The predicted octanol–water partition coefficient (Wildman–Crippen LogP) is -1.02. The molecule has 2 atom stereocenters. The second-order valence-electron chi connectivity index (χ2n) is 4.79. The molecule has 17 heavy (non-hydrogen) atoms. The van der Waals surface area contributed by atoms with Gasteiger partial charge in [-0.2, -0.15) is 0 Å². The topological polar surface area (TPSA) is 93.7 Å². The lowest BCUT2D eigenvalue weighted by Crippen LogP contribution is -2.75. The summed E-state index contributed by atoms with van der Waals surface area (Å²) >= 11 is 0. The molecule has 96 valence electrons. The molecule has 0 bridgehead atoms. The number of nitrogens with zero attached hydrogens (tertiary/aromatic N) is 2. The summed E-state index contributed by atoms with van der Waals surface area (Å²) in [5.41, 5.74) is 5.03. The van der Waals surface area contributed by atoms with E-state index in [0.717, 1.165) is 25.9 Å². The molecule has 1 amide bonds. The molecule has 0 aromatic carbocycles. The van der Waals surface area contributed by atoms with Crippen molar-refractivity contribution in [1.29, 1.82) is 5.41 Å². The number of amidine groups is 1. The number of carbonyl (C=O) groups excluding carboxylic acids is 1. The molecule has 0 aromatic rings. The van der Waals surface area contributed by atoms with Crippen LogP contribution in [0, 0.1) is 5.41 Å². The third kappa shape index (κ3) is 1.63. The van der Waals surface area contributed by atoms with Crippen molar-refractivity contribution < 1.29 is 9.90 Å². The van der Waals surface area contributed by atoms with Gasteiger partial charge in [0.25, 0.3) is 0 Å². The summed E-state index contributed by atoms with van der Waals surface area (Å²) < 4.78 is 0. The van der Waals surface area contributed by atoms with Gasteiger partial charge in [0.05, 0.1) is 12.1 Å². The molecule has 0 aromatic heterocycles. The molecule has 2 saturated heterocycles. The van der Waals surface area contributed by atoms with Gasteiger partial charge in [-0.05, 0) is 25.9 Å². The number of hydrogen-bond donors (Lipinski definition) is 3. The Hall–Kier alpha value is -1.14. The fourth-order valence-corrected chi connectivity index (χ4v) is 3.06. The molecule has 2 fully saturated rings. The molecule has 0 aliphatic carbocycles. The second kappa shape index (κ2) is 4.27. The van der Waals surface area contributed by atoms with Crippen LogP contribution >= 0.6 is 0 Å².